The van der Waals surface area contributed by atoms with Gasteiger partial charge in [0.1, 0.15) is 11.5 Å². The standard InChI is InChI=1S/C23H24N2O3/c1-15-12-22(19-13-17(27-2)10-11-21(19)24-15)28-14-23(26)25-20-9-5-7-16-6-3-4-8-18(16)20/h3-4,6,8,10-13,20H,5,7,9,14H2,1-2H3,(H,25,26)/t20-/m1/s1. The quantitative estimate of drug-likeness (QED) is 0.728. The summed E-state index contributed by atoms with van der Waals surface area (Å²) in [5.74, 6) is 1.25. The Balaban J connectivity index is 1.48. The Morgan fingerprint density at radius 2 is 2.07 bits per heavy atom. The van der Waals surface area contributed by atoms with Crippen molar-refractivity contribution in [3.05, 3.63) is 65.4 Å². The van der Waals surface area contributed by atoms with E-state index in [2.05, 4.69) is 28.5 Å². The first kappa shape index (κ1) is 18.3. The molecule has 0 spiro atoms. The van der Waals surface area contributed by atoms with E-state index < -0.39 is 0 Å². The molecule has 1 aliphatic carbocycles. The lowest BCUT2D eigenvalue weighted by Gasteiger charge is -2.26. The summed E-state index contributed by atoms with van der Waals surface area (Å²) in [6.45, 7) is 1.88. The van der Waals surface area contributed by atoms with E-state index in [0.717, 1.165) is 41.6 Å². The fraction of sp³-hybridized carbons (Fsp3) is 0.304. The highest BCUT2D eigenvalue weighted by Gasteiger charge is 2.21. The minimum absolute atomic E-state index is 0.0333. The maximum atomic E-state index is 12.6. The van der Waals surface area contributed by atoms with E-state index in [0.29, 0.717) is 5.75 Å². The van der Waals surface area contributed by atoms with E-state index >= 15 is 0 Å². The number of carbonyl (C=O) groups is 1. The number of hydrogen-bond acceptors (Lipinski definition) is 4. The van der Waals surface area contributed by atoms with Crippen LogP contribution in [0.1, 0.15) is 35.7 Å². The van der Waals surface area contributed by atoms with Crippen molar-refractivity contribution in [3.63, 3.8) is 0 Å². The van der Waals surface area contributed by atoms with Crippen LogP contribution in [0.3, 0.4) is 0 Å². The topological polar surface area (TPSA) is 60.5 Å². The van der Waals surface area contributed by atoms with Crippen LogP contribution in [0.2, 0.25) is 0 Å². The van der Waals surface area contributed by atoms with Crippen LogP contribution >= 0.6 is 0 Å². The molecule has 5 nitrogen and oxygen atoms in total. The summed E-state index contributed by atoms with van der Waals surface area (Å²) in [6, 6.07) is 15.9. The third-order valence-corrected chi connectivity index (χ3v) is 5.17. The maximum Gasteiger partial charge on any atom is 0.258 e. The van der Waals surface area contributed by atoms with Crippen molar-refractivity contribution >= 4 is 16.8 Å². The highest BCUT2D eigenvalue weighted by molar-refractivity contribution is 5.87. The SMILES string of the molecule is COc1ccc2nc(C)cc(OCC(=O)N[C@@H]3CCCc4ccccc43)c2c1. The van der Waals surface area contributed by atoms with Gasteiger partial charge in [-0.2, -0.15) is 0 Å². The van der Waals surface area contributed by atoms with Gasteiger partial charge in [-0.05, 0) is 55.5 Å². The summed E-state index contributed by atoms with van der Waals surface area (Å²) >= 11 is 0. The highest BCUT2D eigenvalue weighted by Crippen LogP contribution is 2.30. The van der Waals surface area contributed by atoms with Crippen LogP contribution in [0.4, 0.5) is 0 Å². The predicted molar refractivity (Wildman–Crippen MR) is 109 cm³/mol. The van der Waals surface area contributed by atoms with E-state index in [1.165, 1.54) is 11.1 Å². The molecular formula is C23H24N2O3. The zero-order valence-corrected chi connectivity index (χ0v) is 16.2. The zero-order chi connectivity index (χ0) is 19.5. The number of nitrogens with zero attached hydrogens (tertiary/aromatic N) is 1. The smallest absolute Gasteiger partial charge is 0.258 e. The average Bonchev–Trinajstić information content (AvgIpc) is 2.72. The summed E-state index contributed by atoms with van der Waals surface area (Å²) < 4.78 is 11.2. The number of amides is 1. The van der Waals surface area contributed by atoms with Crippen LogP contribution in [0.5, 0.6) is 11.5 Å². The first-order valence-corrected chi connectivity index (χ1v) is 9.59. The number of aryl methyl sites for hydroxylation is 2. The molecule has 1 atom stereocenters. The molecule has 0 radical (unpaired) electrons. The summed E-state index contributed by atoms with van der Waals surface area (Å²) in [7, 11) is 1.62. The molecule has 0 aliphatic heterocycles. The number of fused-ring (bicyclic) bond motifs is 2. The Bertz CT molecular complexity index is 1020. The second-order valence-electron chi connectivity index (χ2n) is 7.14. The molecule has 3 aromatic rings. The molecule has 1 N–H and O–H groups in total. The number of methoxy groups -OCH3 is 1. The minimum Gasteiger partial charge on any atom is -0.497 e. The van der Waals surface area contributed by atoms with E-state index in [1.807, 2.05) is 37.3 Å². The van der Waals surface area contributed by atoms with Gasteiger partial charge in [-0.1, -0.05) is 24.3 Å². The van der Waals surface area contributed by atoms with Crippen molar-refractivity contribution in [3.8, 4) is 11.5 Å². The van der Waals surface area contributed by atoms with Crippen LogP contribution in [-0.4, -0.2) is 24.6 Å². The Kier molecular flexibility index (Phi) is 5.15. The van der Waals surface area contributed by atoms with Crippen molar-refractivity contribution in [2.24, 2.45) is 0 Å². The number of carbonyl (C=O) groups excluding carboxylic acids is 1. The number of ether oxygens (including phenoxy) is 2. The van der Waals surface area contributed by atoms with Crippen LogP contribution in [0.25, 0.3) is 10.9 Å². The molecule has 1 aliphatic rings. The van der Waals surface area contributed by atoms with Gasteiger partial charge in [-0.15, -0.1) is 0 Å². The van der Waals surface area contributed by atoms with Crippen LogP contribution in [0.15, 0.2) is 48.5 Å². The largest absolute Gasteiger partial charge is 0.497 e. The van der Waals surface area contributed by atoms with Crippen molar-refractivity contribution in [1.29, 1.82) is 0 Å². The van der Waals surface area contributed by atoms with Gasteiger partial charge in [0.05, 0.1) is 18.7 Å². The molecule has 4 rings (SSSR count). The molecule has 144 valence electrons. The Labute approximate surface area is 164 Å². The second-order valence-corrected chi connectivity index (χ2v) is 7.14. The van der Waals surface area contributed by atoms with E-state index in [9.17, 15) is 4.79 Å². The number of hydrogen-bond donors (Lipinski definition) is 1. The number of benzene rings is 2. The van der Waals surface area contributed by atoms with Gasteiger partial charge in [0.15, 0.2) is 6.61 Å². The number of nitrogens with one attached hydrogen (secondary N) is 1. The highest BCUT2D eigenvalue weighted by atomic mass is 16.5. The van der Waals surface area contributed by atoms with Crippen molar-refractivity contribution in [2.75, 3.05) is 13.7 Å². The van der Waals surface area contributed by atoms with Crippen molar-refractivity contribution in [1.82, 2.24) is 10.3 Å². The lowest BCUT2D eigenvalue weighted by Crippen LogP contribution is -2.34. The predicted octanol–water partition coefficient (Wildman–Crippen LogP) is 4.12. The summed E-state index contributed by atoms with van der Waals surface area (Å²) in [5, 5.41) is 3.96. The first-order valence-electron chi connectivity index (χ1n) is 9.59. The lowest BCUT2D eigenvalue weighted by molar-refractivity contribution is -0.123. The summed E-state index contributed by atoms with van der Waals surface area (Å²) in [5.41, 5.74) is 4.20. The summed E-state index contributed by atoms with van der Waals surface area (Å²) in [4.78, 5) is 17.1. The Morgan fingerprint density at radius 3 is 2.93 bits per heavy atom. The number of rotatable bonds is 5. The molecule has 1 amide bonds. The third-order valence-electron chi connectivity index (χ3n) is 5.17. The van der Waals surface area contributed by atoms with E-state index in [4.69, 9.17) is 9.47 Å². The minimum atomic E-state index is -0.118. The second kappa shape index (κ2) is 7.89. The average molecular weight is 376 g/mol. The molecule has 1 aromatic heterocycles. The van der Waals surface area contributed by atoms with Crippen LogP contribution < -0.4 is 14.8 Å². The van der Waals surface area contributed by atoms with Gasteiger partial charge in [0.2, 0.25) is 0 Å². The normalized spacial score (nSPS) is 15.7. The molecule has 0 saturated carbocycles. The van der Waals surface area contributed by atoms with Gasteiger partial charge >= 0.3 is 0 Å². The summed E-state index contributed by atoms with van der Waals surface area (Å²) in [6.07, 6.45) is 3.11. The molecular weight excluding hydrogens is 352 g/mol. The fourth-order valence-electron chi connectivity index (χ4n) is 3.83. The first-order chi connectivity index (χ1) is 13.6. The third kappa shape index (κ3) is 3.79. The number of pyridine rings is 1. The molecule has 28 heavy (non-hydrogen) atoms. The van der Waals surface area contributed by atoms with Crippen molar-refractivity contribution in [2.45, 2.75) is 32.2 Å². The molecule has 0 fully saturated rings. The van der Waals surface area contributed by atoms with Gasteiger partial charge in [0, 0.05) is 17.1 Å². The Morgan fingerprint density at radius 1 is 1.21 bits per heavy atom. The van der Waals surface area contributed by atoms with Gasteiger partial charge < -0.3 is 14.8 Å². The maximum absolute atomic E-state index is 12.6. The molecule has 5 heteroatoms. The fourth-order valence-corrected chi connectivity index (χ4v) is 3.83. The van der Waals surface area contributed by atoms with Gasteiger partial charge in [-0.3, -0.25) is 9.78 Å². The lowest BCUT2D eigenvalue weighted by atomic mass is 9.88. The van der Waals surface area contributed by atoms with Crippen molar-refractivity contribution < 1.29 is 14.3 Å². The van der Waals surface area contributed by atoms with Gasteiger partial charge in [-0.25, -0.2) is 0 Å². The van der Waals surface area contributed by atoms with Gasteiger partial charge in [0.25, 0.3) is 5.91 Å². The molecule has 0 saturated heterocycles. The van der Waals surface area contributed by atoms with E-state index in [-0.39, 0.29) is 18.6 Å². The monoisotopic (exact) mass is 376 g/mol. The number of aromatic nitrogens is 1. The molecule has 2 aromatic carbocycles. The zero-order valence-electron chi connectivity index (χ0n) is 16.2. The molecule has 0 unspecified atom stereocenters. The molecule has 1 heterocycles. The van der Waals surface area contributed by atoms with Crippen LogP contribution in [0, 0.1) is 6.92 Å². The van der Waals surface area contributed by atoms with Crippen LogP contribution in [-0.2, 0) is 11.2 Å². The van der Waals surface area contributed by atoms with E-state index in [1.54, 1.807) is 7.11 Å². The Hall–Kier alpha value is -3.08. The molecule has 0 bridgehead atoms.